The monoisotopic (exact) mass is 232 g/mol. The largest absolute Gasteiger partial charge is 0.473 e. The molecule has 11 heavy (non-hydrogen) atoms. The van der Waals surface area contributed by atoms with Gasteiger partial charge in [0.2, 0.25) is 0 Å². The van der Waals surface area contributed by atoms with E-state index in [4.69, 9.17) is 16.3 Å². The summed E-state index contributed by atoms with van der Waals surface area (Å²) in [5, 5.41) is 0. The van der Waals surface area contributed by atoms with Crippen LogP contribution in [0.3, 0.4) is 0 Å². The van der Waals surface area contributed by atoms with Crippen LogP contribution in [0, 0.1) is 0 Å². The zero-order chi connectivity index (χ0) is 7.84. The van der Waals surface area contributed by atoms with E-state index in [1.807, 2.05) is 24.3 Å². The van der Waals surface area contributed by atoms with Crippen molar-refractivity contribution in [2.45, 2.75) is 10.4 Å². The Bertz CT molecular complexity index is 277. The summed E-state index contributed by atoms with van der Waals surface area (Å²) >= 11 is 9.30. The highest BCUT2D eigenvalue weighted by atomic mass is 79.9. The highest BCUT2D eigenvalue weighted by molar-refractivity contribution is 9.09. The fourth-order valence-electron chi connectivity index (χ4n) is 1.14. The van der Waals surface area contributed by atoms with E-state index < -0.39 is 0 Å². The SMILES string of the molecule is Cl[C@H]1Oc2ccccc2[C@@H]1Br. The summed E-state index contributed by atoms with van der Waals surface area (Å²) in [6.07, 6.45) is 0. The van der Waals surface area contributed by atoms with Crippen LogP contribution >= 0.6 is 27.5 Å². The zero-order valence-electron chi connectivity index (χ0n) is 5.63. The van der Waals surface area contributed by atoms with Crippen molar-refractivity contribution in [1.82, 2.24) is 0 Å². The van der Waals surface area contributed by atoms with Crippen LogP contribution in [0.4, 0.5) is 0 Å². The van der Waals surface area contributed by atoms with Crippen LogP contribution in [0.25, 0.3) is 0 Å². The molecule has 0 unspecified atom stereocenters. The molecular formula is C8H6BrClO. The summed E-state index contributed by atoms with van der Waals surface area (Å²) in [5.74, 6) is 0.884. The highest BCUT2D eigenvalue weighted by Crippen LogP contribution is 2.43. The lowest BCUT2D eigenvalue weighted by molar-refractivity contribution is 0.315. The van der Waals surface area contributed by atoms with E-state index in [9.17, 15) is 0 Å². The lowest BCUT2D eigenvalue weighted by Gasteiger charge is -2.02. The topological polar surface area (TPSA) is 9.23 Å². The fraction of sp³-hybridized carbons (Fsp3) is 0.250. The van der Waals surface area contributed by atoms with Gasteiger partial charge in [-0.25, -0.2) is 0 Å². The third-order valence-corrected chi connectivity index (χ3v) is 3.30. The Morgan fingerprint density at radius 1 is 1.36 bits per heavy atom. The van der Waals surface area contributed by atoms with Crippen LogP contribution in [-0.2, 0) is 0 Å². The predicted octanol–water partition coefficient (Wildman–Crippen LogP) is 3.08. The van der Waals surface area contributed by atoms with Crippen LogP contribution < -0.4 is 4.74 Å². The lowest BCUT2D eigenvalue weighted by Crippen LogP contribution is -2.04. The molecule has 0 radical (unpaired) electrons. The molecule has 0 N–H and O–H groups in total. The zero-order valence-corrected chi connectivity index (χ0v) is 7.97. The van der Waals surface area contributed by atoms with Crippen molar-refractivity contribution in [3.8, 4) is 5.75 Å². The number of benzene rings is 1. The van der Waals surface area contributed by atoms with Crippen molar-refractivity contribution in [2.24, 2.45) is 0 Å². The van der Waals surface area contributed by atoms with Crippen LogP contribution in [-0.4, -0.2) is 5.56 Å². The van der Waals surface area contributed by atoms with Crippen molar-refractivity contribution < 1.29 is 4.74 Å². The van der Waals surface area contributed by atoms with E-state index >= 15 is 0 Å². The summed E-state index contributed by atoms with van der Waals surface area (Å²) in [6, 6.07) is 7.85. The molecule has 1 aromatic carbocycles. The lowest BCUT2D eigenvalue weighted by atomic mass is 10.2. The molecular weight excluding hydrogens is 227 g/mol. The summed E-state index contributed by atoms with van der Waals surface area (Å²) in [4.78, 5) is 0.125. The van der Waals surface area contributed by atoms with Gasteiger partial charge in [0.25, 0.3) is 0 Å². The number of halogens is 2. The number of fused-ring (bicyclic) bond motifs is 1. The average molecular weight is 233 g/mol. The Balaban J connectivity index is 2.47. The first kappa shape index (κ1) is 7.44. The number of hydrogen-bond acceptors (Lipinski definition) is 1. The molecule has 3 heteroatoms. The quantitative estimate of drug-likeness (QED) is 0.626. The highest BCUT2D eigenvalue weighted by Gasteiger charge is 2.29. The molecule has 2 rings (SSSR count). The standard InChI is InChI=1S/C8H6BrClO/c9-7-5-3-1-2-4-6(5)11-8(7)10/h1-4,7-8H/t7-,8-/m0/s1. The van der Waals surface area contributed by atoms with E-state index in [-0.39, 0.29) is 10.4 Å². The average Bonchev–Trinajstić information content (AvgIpc) is 2.30. The van der Waals surface area contributed by atoms with Gasteiger partial charge in [0.15, 0.2) is 5.56 Å². The van der Waals surface area contributed by atoms with Crippen molar-refractivity contribution in [1.29, 1.82) is 0 Å². The first-order valence-electron chi connectivity index (χ1n) is 3.33. The number of rotatable bonds is 0. The van der Waals surface area contributed by atoms with Crippen molar-refractivity contribution in [2.75, 3.05) is 0 Å². The first-order chi connectivity index (χ1) is 5.29. The van der Waals surface area contributed by atoms with E-state index in [1.54, 1.807) is 0 Å². The fourth-order valence-corrected chi connectivity index (χ4v) is 1.86. The molecule has 0 aromatic heterocycles. The first-order valence-corrected chi connectivity index (χ1v) is 4.68. The molecule has 0 saturated carbocycles. The van der Waals surface area contributed by atoms with E-state index in [1.165, 1.54) is 0 Å². The number of para-hydroxylation sites is 1. The minimum atomic E-state index is -0.271. The number of ether oxygens (including phenoxy) is 1. The molecule has 0 aliphatic carbocycles. The van der Waals surface area contributed by atoms with Crippen LogP contribution in [0.2, 0.25) is 0 Å². The molecule has 1 aromatic rings. The third kappa shape index (κ3) is 1.14. The second-order valence-electron chi connectivity index (χ2n) is 2.41. The molecule has 2 atom stereocenters. The van der Waals surface area contributed by atoms with Gasteiger partial charge in [-0.1, -0.05) is 45.7 Å². The van der Waals surface area contributed by atoms with Gasteiger partial charge in [-0.3, -0.25) is 0 Å². The molecule has 0 spiro atoms. The van der Waals surface area contributed by atoms with Crippen molar-refractivity contribution in [3.63, 3.8) is 0 Å². The molecule has 1 aliphatic rings. The van der Waals surface area contributed by atoms with E-state index in [0.29, 0.717) is 0 Å². The second kappa shape index (κ2) is 2.68. The minimum absolute atomic E-state index is 0.125. The molecule has 1 nitrogen and oxygen atoms in total. The van der Waals surface area contributed by atoms with E-state index in [0.717, 1.165) is 11.3 Å². The smallest absolute Gasteiger partial charge is 0.188 e. The van der Waals surface area contributed by atoms with Gasteiger partial charge >= 0.3 is 0 Å². The summed E-state index contributed by atoms with van der Waals surface area (Å²) in [6.45, 7) is 0. The van der Waals surface area contributed by atoms with Crippen LogP contribution in [0.5, 0.6) is 5.75 Å². The van der Waals surface area contributed by atoms with Crippen LogP contribution in [0.15, 0.2) is 24.3 Å². The van der Waals surface area contributed by atoms with Gasteiger partial charge in [0.05, 0.1) is 4.83 Å². The van der Waals surface area contributed by atoms with Gasteiger partial charge in [-0.05, 0) is 6.07 Å². The molecule has 1 heterocycles. The molecule has 0 amide bonds. The third-order valence-electron chi connectivity index (χ3n) is 1.69. The van der Waals surface area contributed by atoms with Gasteiger partial charge in [-0.15, -0.1) is 0 Å². The van der Waals surface area contributed by atoms with Gasteiger partial charge in [0, 0.05) is 5.56 Å². The molecule has 58 valence electrons. The van der Waals surface area contributed by atoms with Gasteiger partial charge in [0.1, 0.15) is 5.75 Å². The maximum Gasteiger partial charge on any atom is 0.188 e. The predicted molar refractivity (Wildman–Crippen MR) is 48.4 cm³/mol. The second-order valence-corrected chi connectivity index (χ2v) is 3.83. The Morgan fingerprint density at radius 3 is 2.82 bits per heavy atom. The normalized spacial score (nSPS) is 27.8. The minimum Gasteiger partial charge on any atom is -0.473 e. The summed E-state index contributed by atoms with van der Waals surface area (Å²) in [5.41, 5.74) is 0.861. The van der Waals surface area contributed by atoms with Crippen molar-refractivity contribution in [3.05, 3.63) is 29.8 Å². The van der Waals surface area contributed by atoms with Gasteiger partial charge < -0.3 is 4.74 Å². The molecule has 0 fully saturated rings. The Morgan fingerprint density at radius 2 is 2.09 bits per heavy atom. The Hall–Kier alpha value is -0.210. The Labute approximate surface area is 78.4 Å². The number of hydrogen-bond donors (Lipinski definition) is 0. The maximum atomic E-state index is 5.86. The number of alkyl halides is 2. The molecule has 0 bridgehead atoms. The Kier molecular flexibility index (Phi) is 1.81. The van der Waals surface area contributed by atoms with Crippen molar-refractivity contribution >= 4 is 27.5 Å². The van der Waals surface area contributed by atoms with Crippen LogP contribution in [0.1, 0.15) is 10.4 Å². The van der Waals surface area contributed by atoms with E-state index in [2.05, 4.69) is 15.9 Å². The maximum absolute atomic E-state index is 5.86. The van der Waals surface area contributed by atoms with Gasteiger partial charge in [-0.2, -0.15) is 0 Å². The summed E-state index contributed by atoms with van der Waals surface area (Å²) < 4.78 is 5.34. The molecule has 0 saturated heterocycles. The molecule has 1 aliphatic heterocycles. The summed E-state index contributed by atoms with van der Waals surface area (Å²) in [7, 11) is 0.